The standard InChI is InChI=1S/C21H17ClFN3O5S/c1-10-6-11(7-10)25-5-4-13-15(23)8-12(9-16(13)25)32(30,31)17-3-2-14(22)18-19(17)24-21(28)26(29)20(18)27/h2-5,8-11,29H,6-7H2,1H3,(H,24,28). The van der Waals surface area contributed by atoms with Crippen LogP contribution in [0.2, 0.25) is 5.02 Å². The van der Waals surface area contributed by atoms with Crippen molar-refractivity contribution in [1.82, 2.24) is 14.3 Å². The van der Waals surface area contributed by atoms with Crippen molar-refractivity contribution in [2.45, 2.75) is 35.6 Å². The predicted molar refractivity (Wildman–Crippen MR) is 116 cm³/mol. The molecule has 0 amide bonds. The third-order valence-corrected chi connectivity index (χ3v) is 8.14. The van der Waals surface area contributed by atoms with E-state index in [2.05, 4.69) is 11.9 Å². The average Bonchev–Trinajstić information content (AvgIpc) is 3.13. The van der Waals surface area contributed by atoms with E-state index in [1.54, 1.807) is 12.3 Å². The fourth-order valence-electron chi connectivity index (χ4n) is 4.35. The van der Waals surface area contributed by atoms with Crippen LogP contribution < -0.4 is 11.2 Å². The van der Waals surface area contributed by atoms with Crippen molar-refractivity contribution in [3.8, 4) is 0 Å². The molecule has 2 aromatic heterocycles. The highest BCUT2D eigenvalue weighted by molar-refractivity contribution is 7.91. The summed E-state index contributed by atoms with van der Waals surface area (Å²) in [6.07, 6.45) is 3.58. The molecule has 2 heterocycles. The van der Waals surface area contributed by atoms with Gasteiger partial charge in [0.05, 0.1) is 31.2 Å². The highest BCUT2D eigenvalue weighted by Crippen LogP contribution is 2.40. The fourth-order valence-corrected chi connectivity index (χ4v) is 6.04. The van der Waals surface area contributed by atoms with Crippen molar-refractivity contribution in [3.63, 3.8) is 0 Å². The van der Waals surface area contributed by atoms with Gasteiger partial charge < -0.3 is 14.8 Å². The van der Waals surface area contributed by atoms with Gasteiger partial charge in [-0.3, -0.25) is 4.79 Å². The van der Waals surface area contributed by atoms with Gasteiger partial charge >= 0.3 is 5.69 Å². The zero-order chi connectivity index (χ0) is 22.9. The molecule has 0 aliphatic heterocycles. The molecule has 0 saturated heterocycles. The van der Waals surface area contributed by atoms with E-state index in [0.29, 0.717) is 16.8 Å². The van der Waals surface area contributed by atoms with Gasteiger partial charge in [-0.05, 0) is 49.1 Å². The minimum absolute atomic E-state index is 0.155. The molecule has 5 rings (SSSR count). The lowest BCUT2D eigenvalue weighted by atomic mass is 9.81. The molecule has 32 heavy (non-hydrogen) atoms. The largest absolute Gasteiger partial charge is 0.421 e. The summed E-state index contributed by atoms with van der Waals surface area (Å²) in [4.78, 5) is 25.7. The third kappa shape index (κ3) is 2.90. The first kappa shape index (κ1) is 20.8. The molecule has 1 fully saturated rings. The normalized spacial score (nSPS) is 18.8. The van der Waals surface area contributed by atoms with Gasteiger partial charge in [-0.15, -0.1) is 0 Å². The van der Waals surface area contributed by atoms with E-state index in [9.17, 15) is 27.6 Å². The summed E-state index contributed by atoms with van der Waals surface area (Å²) in [6, 6.07) is 6.38. The van der Waals surface area contributed by atoms with Crippen molar-refractivity contribution in [1.29, 1.82) is 0 Å². The number of nitrogens with one attached hydrogen (secondary N) is 1. The maximum absolute atomic E-state index is 14.9. The van der Waals surface area contributed by atoms with Crippen molar-refractivity contribution < 1.29 is 18.0 Å². The second-order valence-electron chi connectivity index (χ2n) is 8.14. The van der Waals surface area contributed by atoms with Crippen LogP contribution in [0.15, 0.2) is 55.9 Å². The first-order chi connectivity index (χ1) is 15.1. The maximum Gasteiger partial charge on any atom is 0.362 e. The van der Waals surface area contributed by atoms with Crippen molar-refractivity contribution >= 4 is 43.2 Å². The van der Waals surface area contributed by atoms with E-state index >= 15 is 0 Å². The van der Waals surface area contributed by atoms with Crippen LogP contribution in [0.1, 0.15) is 25.8 Å². The second-order valence-corrected chi connectivity index (χ2v) is 10.5. The first-order valence-corrected chi connectivity index (χ1v) is 11.7. The zero-order valence-electron chi connectivity index (χ0n) is 16.7. The molecule has 8 nitrogen and oxygen atoms in total. The maximum atomic E-state index is 14.9. The summed E-state index contributed by atoms with van der Waals surface area (Å²) in [7, 11) is -4.37. The Morgan fingerprint density at radius 3 is 2.59 bits per heavy atom. The van der Waals surface area contributed by atoms with Crippen LogP contribution in [0.5, 0.6) is 0 Å². The quantitative estimate of drug-likeness (QED) is 0.438. The third-order valence-electron chi connectivity index (χ3n) is 6.05. The monoisotopic (exact) mass is 477 g/mol. The van der Waals surface area contributed by atoms with Gasteiger partial charge in [0.2, 0.25) is 9.84 Å². The Morgan fingerprint density at radius 2 is 1.91 bits per heavy atom. The number of benzene rings is 2. The number of nitrogens with zero attached hydrogens (tertiary/aromatic N) is 2. The van der Waals surface area contributed by atoms with Crippen LogP contribution in [-0.2, 0) is 9.84 Å². The molecular weight excluding hydrogens is 461 g/mol. The molecule has 2 aromatic carbocycles. The van der Waals surface area contributed by atoms with E-state index in [1.807, 2.05) is 4.57 Å². The number of sulfone groups is 1. The molecule has 0 bridgehead atoms. The number of hydrogen-bond donors (Lipinski definition) is 2. The highest BCUT2D eigenvalue weighted by atomic mass is 35.5. The summed E-state index contributed by atoms with van der Waals surface area (Å²) in [5, 5.41) is 9.38. The minimum atomic E-state index is -4.37. The summed E-state index contributed by atoms with van der Waals surface area (Å²) in [6.45, 7) is 2.12. The predicted octanol–water partition coefficient (Wildman–Crippen LogP) is 3.48. The first-order valence-electron chi connectivity index (χ1n) is 9.81. The lowest BCUT2D eigenvalue weighted by Gasteiger charge is -2.34. The molecule has 4 aromatic rings. The smallest absolute Gasteiger partial charge is 0.362 e. The summed E-state index contributed by atoms with van der Waals surface area (Å²) < 4.78 is 43.5. The number of halogens is 2. The van der Waals surface area contributed by atoms with Gasteiger partial charge in [0, 0.05) is 17.6 Å². The van der Waals surface area contributed by atoms with Gasteiger partial charge in [0.15, 0.2) is 0 Å². The Hall–Kier alpha value is -3.11. The molecule has 0 unspecified atom stereocenters. The second kappa shape index (κ2) is 6.94. The Kier molecular flexibility index (Phi) is 4.51. The summed E-state index contributed by atoms with van der Waals surface area (Å²) >= 11 is 6.03. The number of aromatic nitrogens is 3. The molecule has 1 aliphatic carbocycles. The molecule has 0 atom stereocenters. The minimum Gasteiger partial charge on any atom is -0.421 e. The highest BCUT2D eigenvalue weighted by Gasteiger charge is 2.30. The zero-order valence-corrected chi connectivity index (χ0v) is 18.2. The van der Waals surface area contributed by atoms with Crippen LogP contribution in [-0.4, -0.2) is 27.9 Å². The molecule has 2 N–H and O–H groups in total. The molecule has 1 aliphatic rings. The Morgan fingerprint density at radius 1 is 1.19 bits per heavy atom. The van der Waals surface area contributed by atoms with Gasteiger partial charge in [0.25, 0.3) is 5.56 Å². The lowest BCUT2D eigenvalue weighted by Crippen LogP contribution is -2.33. The summed E-state index contributed by atoms with van der Waals surface area (Å²) in [5.41, 5.74) is -2.30. The van der Waals surface area contributed by atoms with E-state index in [1.165, 1.54) is 12.1 Å². The number of rotatable bonds is 3. The Balaban J connectivity index is 1.76. The number of fused-ring (bicyclic) bond motifs is 2. The number of H-pyrrole nitrogens is 1. The number of hydrogen-bond acceptors (Lipinski definition) is 5. The number of aromatic amines is 1. The topological polar surface area (TPSA) is 114 Å². The van der Waals surface area contributed by atoms with Gasteiger partial charge in [-0.2, -0.15) is 0 Å². The Labute approximate surface area is 185 Å². The van der Waals surface area contributed by atoms with Gasteiger partial charge in [0.1, 0.15) is 5.82 Å². The van der Waals surface area contributed by atoms with Crippen LogP contribution >= 0.6 is 11.6 Å². The van der Waals surface area contributed by atoms with Crippen LogP contribution in [0.4, 0.5) is 4.39 Å². The fraction of sp³-hybridized carbons (Fsp3) is 0.238. The van der Waals surface area contributed by atoms with Gasteiger partial charge in [-0.25, -0.2) is 17.6 Å². The van der Waals surface area contributed by atoms with Gasteiger partial charge in [-0.1, -0.05) is 23.3 Å². The van der Waals surface area contributed by atoms with E-state index in [4.69, 9.17) is 11.6 Å². The SMILES string of the molecule is CC1CC(n2ccc3c(F)cc(S(=O)(=O)c4ccc(Cl)c5c(=O)n(O)c(=O)[nH]c45)cc32)C1. The molecule has 0 radical (unpaired) electrons. The van der Waals surface area contributed by atoms with E-state index in [-0.39, 0.29) is 31.6 Å². The molecule has 1 saturated carbocycles. The molecule has 0 spiro atoms. The molecule has 166 valence electrons. The summed E-state index contributed by atoms with van der Waals surface area (Å²) in [5.74, 6) is -0.154. The van der Waals surface area contributed by atoms with E-state index in [0.717, 1.165) is 25.0 Å². The lowest BCUT2D eigenvalue weighted by molar-refractivity contribution is 0.162. The van der Waals surface area contributed by atoms with Crippen LogP contribution in [0.25, 0.3) is 21.8 Å². The molecule has 11 heteroatoms. The van der Waals surface area contributed by atoms with E-state index < -0.39 is 31.8 Å². The van der Waals surface area contributed by atoms with Crippen molar-refractivity contribution in [2.24, 2.45) is 5.92 Å². The van der Waals surface area contributed by atoms with Crippen molar-refractivity contribution in [3.05, 3.63) is 68.2 Å². The molecular formula is C21H17ClFN3O5S. The van der Waals surface area contributed by atoms with Crippen LogP contribution in [0, 0.1) is 11.7 Å². The Bertz CT molecular complexity index is 1650. The van der Waals surface area contributed by atoms with Crippen molar-refractivity contribution in [2.75, 3.05) is 0 Å². The average molecular weight is 478 g/mol. The van der Waals surface area contributed by atoms with Crippen LogP contribution in [0.3, 0.4) is 0 Å².